The molecular formula is C56H103NO8. The summed E-state index contributed by atoms with van der Waals surface area (Å²) in [5, 5.41) is 54.3. The smallest absolute Gasteiger partial charge is 0.220 e. The molecule has 6 N–H and O–H groups in total. The highest BCUT2D eigenvalue weighted by Gasteiger charge is 2.44. The van der Waals surface area contributed by atoms with Gasteiger partial charge in [-0.15, -0.1) is 0 Å². The lowest BCUT2D eigenvalue weighted by Gasteiger charge is -2.40. The molecule has 1 fully saturated rings. The number of hydrogen-bond acceptors (Lipinski definition) is 8. The summed E-state index contributed by atoms with van der Waals surface area (Å²) in [6, 6.07) is -0.805. The van der Waals surface area contributed by atoms with Gasteiger partial charge in [-0.3, -0.25) is 4.79 Å². The first kappa shape index (κ1) is 61.2. The van der Waals surface area contributed by atoms with E-state index in [0.717, 1.165) is 51.4 Å². The van der Waals surface area contributed by atoms with Gasteiger partial charge in [-0.25, -0.2) is 0 Å². The number of unbranched alkanes of at least 4 members (excludes halogenated alkanes) is 30. The minimum atomic E-state index is -1.57. The van der Waals surface area contributed by atoms with Gasteiger partial charge in [0.1, 0.15) is 24.4 Å². The van der Waals surface area contributed by atoms with Crippen LogP contribution in [-0.4, -0.2) is 87.5 Å². The molecule has 7 unspecified atom stereocenters. The van der Waals surface area contributed by atoms with Crippen LogP contribution in [0.3, 0.4) is 0 Å². The minimum Gasteiger partial charge on any atom is -0.394 e. The Kier molecular flexibility index (Phi) is 43.2. The number of nitrogens with one attached hydrogen (secondary N) is 1. The SMILES string of the molecule is CCCCCCC/C=C\C/C=C\C/C=C\CCCCCCCCCCCCCCCCC(=O)NC(COC1OC(CO)C(O)C(O)C1O)C(O)/C=C/CCCCCCCCCCCCC. The van der Waals surface area contributed by atoms with Crippen LogP contribution in [0.5, 0.6) is 0 Å². The van der Waals surface area contributed by atoms with Gasteiger partial charge in [0.15, 0.2) is 6.29 Å². The van der Waals surface area contributed by atoms with Crippen LogP contribution in [0.4, 0.5) is 0 Å². The van der Waals surface area contributed by atoms with Crippen molar-refractivity contribution in [1.82, 2.24) is 5.32 Å². The monoisotopic (exact) mass is 918 g/mol. The molecule has 0 aromatic heterocycles. The topological polar surface area (TPSA) is 149 Å². The zero-order valence-corrected chi connectivity index (χ0v) is 42.0. The normalized spacial score (nSPS) is 20.3. The van der Waals surface area contributed by atoms with E-state index in [1.807, 2.05) is 6.08 Å². The molecule has 0 aliphatic carbocycles. The molecule has 0 spiro atoms. The predicted molar refractivity (Wildman–Crippen MR) is 272 cm³/mol. The number of carbonyl (C=O) groups excluding carboxylic acids is 1. The van der Waals surface area contributed by atoms with E-state index < -0.39 is 49.5 Å². The maximum absolute atomic E-state index is 13.0. The molecule has 1 heterocycles. The Balaban J connectivity index is 2.18. The molecule has 380 valence electrons. The summed E-state index contributed by atoms with van der Waals surface area (Å²) in [5.41, 5.74) is 0. The van der Waals surface area contributed by atoms with Crippen molar-refractivity contribution >= 4 is 5.91 Å². The molecule has 1 aliphatic heterocycles. The third kappa shape index (κ3) is 35.9. The summed E-state index contributed by atoms with van der Waals surface area (Å²) < 4.78 is 11.2. The molecule has 0 aromatic carbocycles. The Bertz CT molecular complexity index is 1160. The number of aliphatic hydroxyl groups is 5. The highest BCUT2D eigenvalue weighted by molar-refractivity contribution is 5.76. The number of aliphatic hydroxyl groups excluding tert-OH is 5. The van der Waals surface area contributed by atoms with E-state index in [4.69, 9.17) is 9.47 Å². The maximum atomic E-state index is 13.0. The fourth-order valence-corrected chi connectivity index (χ4v) is 8.52. The average Bonchev–Trinajstić information content (AvgIpc) is 3.31. The first-order valence-corrected chi connectivity index (χ1v) is 27.4. The lowest BCUT2D eigenvalue weighted by Crippen LogP contribution is -2.60. The Morgan fingerprint density at radius 3 is 1.34 bits per heavy atom. The minimum absolute atomic E-state index is 0.178. The van der Waals surface area contributed by atoms with Gasteiger partial charge in [-0.2, -0.15) is 0 Å². The zero-order valence-electron chi connectivity index (χ0n) is 42.0. The van der Waals surface area contributed by atoms with Crippen molar-refractivity contribution in [3.8, 4) is 0 Å². The van der Waals surface area contributed by atoms with Crippen molar-refractivity contribution in [1.29, 1.82) is 0 Å². The van der Waals surface area contributed by atoms with Crippen LogP contribution in [0.25, 0.3) is 0 Å². The van der Waals surface area contributed by atoms with E-state index in [-0.39, 0.29) is 12.5 Å². The molecule has 0 bridgehead atoms. The van der Waals surface area contributed by atoms with E-state index in [1.165, 1.54) is 173 Å². The maximum Gasteiger partial charge on any atom is 0.220 e. The standard InChI is InChI=1S/C56H103NO8/c1-3-5-7-9-11-13-15-17-18-19-20-21-22-23-24-25-26-27-28-29-30-31-32-34-36-38-40-42-44-46-52(60)57-49(48-64-56-55(63)54(62)53(61)51(47-58)65-56)50(59)45-43-41-39-37-35-33-16-14-12-10-8-6-4-2/h15,17,19-20,22-23,43,45,49-51,53-56,58-59,61-63H,3-14,16,18,21,24-42,44,46-48H2,1-2H3,(H,57,60)/b17-15-,20-19-,23-22-,45-43+. The molecular weight excluding hydrogens is 815 g/mol. The highest BCUT2D eigenvalue weighted by Crippen LogP contribution is 2.23. The summed E-state index contributed by atoms with van der Waals surface area (Å²) in [5.74, 6) is -0.178. The lowest BCUT2D eigenvalue weighted by molar-refractivity contribution is -0.302. The Hall–Kier alpha value is -1.85. The van der Waals surface area contributed by atoms with Crippen LogP contribution in [0, 0.1) is 0 Å². The van der Waals surface area contributed by atoms with Crippen molar-refractivity contribution in [2.24, 2.45) is 0 Å². The largest absolute Gasteiger partial charge is 0.394 e. The van der Waals surface area contributed by atoms with E-state index in [2.05, 4.69) is 55.6 Å². The van der Waals surface area contributed by atoms with Gasteiger partial charge in [0, 0.05) is 6.42 Å². The van der Waals surface area contributed by atoms with Crippen LogP contribution < -0.4 is 5.32 Å². The van der Waals surface area contributed by atoms with Crippen LogP contribution in [0.2, 0.25) is 0 Å². The highest BCUT2D eigenvalue weighted by atomic mass is 16.7. The summed E-state index contributed by atoms with van der Waals surface area (Å²) in [7, 11) is 0. The predicted octanol–water partition coefficient (Wildman–Crippen LogP) is 13.0. The van der Waals surface area contributed by atoms with Gasteiger partial charge in [-0.05, 0) is 57.8 Å². The van der Waals surface area contributed by atoms with Gasteiger partial charge in [0.25, 0.3) is 0 Å². The lowest BCUT2D eigenvalue weighted by atomic mass is 9.99. The number of ether oxygens (including phenoxy) is 2. The van der Waals surface area contributed by atoms with Crippen molar-refractivity contribution in [3.63, 3.8) is 0 Å². The quantitative estimate of drug-likeness (QED) is 0.0261. The first-order chi connectivity index (χ1) is 31.8. The van der Waals surface area contributed by atoms with Gasteiger partial charge < -0.3 is 40.3 Å². The molecule has 9 nitrogen and oxygen atoms in total. The summed E-state index contributed by atoms with van der Waals surface area (Å²) in [6.07, 6.45) is 53.1. The molecule has 65 heavy (non-hydrogen) atoms. The number of hydrogen-bond donors (Lipinski definition) is 6. The summed E-state index contributed by atoms with van der Waals surface area (Å²) in [4.78, 5) is 13.0. The Morgan fingerprint density at radius 1 is 0.523 bits per heavy atom. The zero-order chi connectivity index (χ0) is 47.3. The third-order valence-electron chi connectivity index (χ3n) is 12.9. The second kappa shape index (κ2) is 45.9. The van der Waals surface area contributed by atoms with Crippen molar-refractivity contribution in [2.45, 2.75) is 288 Å². The van der Waals surface area contributed by atoms with E-state index >= 15 is 0 Å². The van der Waals surface area contributed by atoms with Crippen molar-refractivity contribution in [2.75, 3.05) is 13.2 Å². The summed E-state index contributed by atoms with van der Waals surface area (Å²) >= 11 is 0. The second-order valence-corrected chi connectivity index (χ2v) is 19.0. The third-order valence-corrected chi connectivity index (χ3v) is 12.9. The van der Waals surface area contributed by atoms with Gasteiger partial charge in [0.2, 0.25) is 5.91 Å². The molecule has 1 rings (SSSR count). The van der Waals surface area contributed by atoms with Crippen LogP contribution in [0.15, 0.2) is 48.6 Å². The molecule has 0 aromatic rings. The second-order valence-electron chi connectivity index (χ2n) is 19.0. The van der Waals surface area contributed by atoms with Crippen LogP contribution in [0.1, 0.15) is 245 Å². The van der Waals surface area contributed by atoms with Gasteiger partial charge >= 0.3 is 0 Å². The molecule has 1 saturated heterocycles. The molecule has 9 heteroatoms. The molecule has 0 saturated carbocycles. The Labute approximate surface area is 399 Å². The molecule has 1 amide bonds. The van der Waals surface area contributed by atoms with Crippen LogP contribution in [-0.2, 0) is 14.3 Å². The van der Waals surface area contributed by atoms with Gasteiger partial charge in [0.05, 0.1) is 25.4 Å². The molecule has 1 aliphatic rings. The Morgan fingerprint density at radius 2 is 0.908 bits per heavy atom. The van der Waals surface area contributed by atoms with E-state index in [0.29, 0.717) is 6.42 Å². The van der Waals surface area contributed by atoms with E-state index in [1.54, 1.807) is 6.08 Å². The van der Waals surface area contributed by atoms with Crippen molar-refractivity contribution in [3.05, 3.63) is 48.6 Å². The molecule has 0 radical (unpaired) electrons. The average molecular weight is 918 g/mol. The van der Waals surface area contributed by atoms with Crippen molar-refractivity contribution < 1.29 is 39.8 Å². The van der Waals surface area contributed by atoms with Gasteiger partial charge in [-0.1, -0.05) is 229 Å². The number of carbonyl (C=O) groups is 1. The fraction of sp³-hybridized carbons (Fsp3) is 0.839. The number of allylic oxidation sites excluding steroid dienone is 7. The van der Waals surface area contributed by atoms with Crippen LogP contribution >= 0.6 is 0 Å². The fourth-order valence-electron chi connectivity index (χ4n) is 8.52. The summed E-state index contributed by atoms with van der Waals surface area (Å²) in [6.45, 7) is 3.77. The molecule has 7 atom stereocenters. The first-order valence-electron chi connectivity index (χ1n) is 27.4. The number of amides is 1. The number of rotatable bonds is 46. The van der Waals surface area contributed by atoms with E-state index in [9.17, 15) is 30.3 Å².